The Labute approximate surface area is 171 Å². The van der Waals surface area contributed by atoms with E-state index >= 15 is 0 Å². The molecule has 0 fully saturated rings. The van der Waals surface area contributed by atoms with Gasteiger partial charge in [-0.25, -0.2) is 13.9 Å². The summed E-state index contributed by atoms with van der Waals surface area (Å²) < 4.78 is 27.6. The van der Waals surface area contributed by atoms with Crippen molar-refractivity contribution in [2.24, 2.45) is 0 Å². The summed E-state index contributed by atoms with van der Waals surface area (Å²) in [6.07, 6.45) is 9.28. The Bertz CT molecular complexity index is 1220. The topological polar surface area (TPSA) is 89.8 Å². The van der Waals surface area contributed by atoms with Crippen LogP contribution in [-0.4, -0.2) is 46.4 Å². The average molecular weight is 407 g/mol. The number of nitrogens with one attached hydrogen (secondary N) is 2. The zero-order chi connectivity index (χ0) is 20.9. The summed E-state index contributed by atoms with van der Waals surface area (Å²) in [5.41, 5.74) is 0.975. The molecule has 0 aliphatic carbocycles. The molecule has 2 aliphatic rings. The summed E-state index contributed by atoms with van der Waals surface area (Å²) in [5, 5.41) is 10.2. The van der Waals surface area contributed by atoms with Gasteiger partial charge < -0.3 is 20.1 Å². The Balaban J connectivity index is 1.70. The number of rotatable bonds is 2. The number of hydrogen-bond acceptors (Lipinski definition) is 6. The third kappa shape index (κ3) is 2.84. The molecule has 0 unspecified atom stereocenters. The zero-order valence-electron chi connectivity index (χ0n) is 16.1. The van der Waals surface area contributed by atoms with E-state index in [1.807, 2.05) is 0 Å². The monoisotopic (exact) mass is 407 g/mol. The molecule has 4 bridgehead atoms. The summed E-state index contributed by atoms with van der Waals surface area (Å²) in [6, 6.07) is 3.78. The van der Waals surface area contributed by atoms with Crippen molar-refractivity contribution in [3.8, 4) is 18.1 Å². The van der Waals surface area contributed by atoms with E-state index in [1.165, 1.54) is 22.8 Å². The average Bonchev–Trinajstić information content (AvgIpc) is 3.30. The molecular weight excluding hydrogens is 389 g/mol. The van der Waals surface area contributed by atoms with Crippen molar-refractivity contribution in [2.45, 2.75) is 18.1 Å². The van der Waals surface area contributed by atoms with Crippen molar-refractivity contribution in [2.75, 3.05) is 25.6 Å². The first-order valence-electron chi connectivity index (χ1n) is 9.37. The number of terminal acetylenes is 1. The number of benzene rings is 1. The van der Waals surface area contributed by atoms with Crippen molar-refractivity contribution in [3.05, 3.63) is 53.1 Å². The van der Waals surface area contributed by atoms with Gasteiger partial charge in [0.2, 0.25) is 0 Å². The molecule has 5 rings (SSSR count). The van der Waals surface area contributed by atoms with E-state index in [0.717, 1.165) is 0 Å². The van der Waals surface area contributed by atoms with Crippen LogP contribution in [0.25, 0.3) is 5.65 Å². The summed E-state index contributed by atoms with van der Waals surface area (Å²) in [6.45, 7) is 0.354. The number of methoxy groups -OCH3 is 1. The van der Waals surface area contributed by atoms with Gasteiger partial charge in [-0.05, 0) is 18.2 Å². The Hall–Kier alpha value is -3.64. The highest BCUT2D eigenvalue weighted by molar-refractivity contribution is 5.99. The lowest BCUT2D eigenvalue weighted by atomic mass is 9.95. The van der Waals surface area contributed by atoms with E-state index < -0.39 is 17.5 Å². The lowest BCUT2D eigenvalue weighted by molar-refractivity contribution is 0.00673. The number of ether oxygens (including phenoxy) is 2. The molecule has 9 heteroatoms. The van der Waals surface area contributed by atoms with Gasteiger partial charge in [0.05, 0.1) is 19.3 Å². The van der Waals surface area contributed by atoms with Crippen LogP contribution in [0.1, 0.15) is 27.5 Å². The van der Waals surface area contributed by atoms with Gasteiger partial charge in [-0.15, -0.1) is 6.42 Å². The van der Waals surface area contributed by atoms with E-state index in [1.54, 1.807) is 19.4 Å². The van der Waals surface area contributed by atoms with E-state index in [9.17, 15) is 9.18 Å². The lowest BCUT2D eigenvalue weighted by Gasteiger charge is -2.29. The molecule has 0 spiro atoms. The fraction of sp³-hybridized carbons (Fsp3) is 0.286. The second kappa shape index (κ2) is 6.71. The van der Waals surface area contributed by atoms with Crippen LogP contribution in [0.2, 0.25) is 0 Å². The molecule has 2 atom stereocenters. The van der Waals surface area contributed by atoms with E-state index in [4.69, 9.17) is 15.9 Å². The molecule has 4 heterocycles. The fourth-order valence-electron chi connectivity index (χ4n) is 4.04. The molecule has 8 nitrogen and oxygen atoms in total. The molecule has 2 N–H and O–H groups in total. The maximum absolute atomic E-state index is 14.4. The number of fused-ring (bicyclic) bond motifs is 2. The third-order valence-corrected chi connectivity index (χ3v) is 5.35. The first-order chi connectivity index (χ1) is 14.5. The first-order valence-corrected chi connectivity index (χ1v) is 9.37. The molecule has 0 radical (unpaired) electrons. The third-order valence-electron chi connectivity index (χ3n) is 5.35. The van der Waals surface area contributed by atoms with Gasteiger partial charge in [0, 0.05) is 30.9 Å². The van der Waals surface area contributed by atoms with Gasteiger partial charge in [-0.2, -0.15) is 5.10 Å². The van der Waals surface area contributed by atoms with Crippen molar-refractivity contribution in [3.63, 3.8) is 0 Å². The highest BCUT2D eigenvalue weighted by atomic mass is 19.1. The Morgan fingerprint density at radius 1 is 1.50 bits per heavy atom. The van der Waals surface area contributed by atoms with Gasteiger partial charge in [-0.1, -0.05) is 5.92 Å². The minimum Gasteiger partial charge on any atom is -0.482 e. The van der Waals surface area contributed by atoms with Gasteiger partial charge in [0.25, 0.3) is 5.91 Å². The molecule has 30 heavy (non-hydrogen) atoms. The van der Waals surface area contributed by atoms with Crippen LogP contribution in [0, 0.1) is 18.2 Å². The predicted molar refractivity (Wildman–Crippen MR) is 106 cm³/mol. The number of aromatic nitrogens is 3. The highest BCUT2D eigenvalue weighted by Gasteiger charge is 2.42. The number of halogens is 1. The van der Waals surface area contributed by atoms with E-state index in [0.29, 0.717) is 40.3 Å². The normalized spacial score (nSPS) is 22.3. The largest absolute Gasteiger partial charge is 0.482 e. The molecule has 0 saturated carbocycles. The molecule has 2 aliphatic heterocycles. The van der Waals surface area contributed by atoms with Crippen molar-refractivity contribution in [1.29, 1.82) is 0 Å². The molecular formula is C21H18FN5O3. The summed E-state index contributed by atoms with van der Waals surface area (Å²) in [7, 11) is 1.55. The summed E-state index contributed by atoms with van der Waals surface area (Å²) in [4.78, 5) is 17.4. The van der Waals surface area contributed by atoms with Crippen LogP contribution in [-0.2, 0) is 11.2 Å². The quantitative estimate of drug-likeness (QED) is 0.629. The molecule has 3 aromatic rings. The van der Waals surface area contributed by atoms with Crippen LogP contribution < -0.4 is 15.4 Å². The SMILES string of the molecule is C#C[C@H]1Nc2ccn3ncc(c3n2)C(=O)NC[C@@]2(COC)Cc3cc(F)cc1c3O2. The van der Waals surface area contributed by atoms with Crippen LogP contribution in [0.5, 0.6) is 5.75 Å². The van der Waals surface area contributed by atoms with E-state index in [-0.39, 0.29) is 19.1 Å². The number of amides is 1. The van der Waals surface area contributed by atoms with Gasteiger partial charge in [0.15, 0.2) is 11.2 Å². The van der Waals surface area contributed by atoms with Crippen LogP contribution in [0.15, 0.2) is 30.6 Å². The maximum Gasteiger partial charge on any atom is 0.256 e. The van der Waals surface area contributed by atoms with E-state index in [2.05, 4.69) is 26.6 Å². The predicted octanol–water partition coefficient (Wildman–Crippen LogP) is 1.72. The smallest absolute Gasteiger partial charge is 0.256 e. The van der Waals surface area contributed by atoms with Crippen molar-refractivity contribution >= 4 is 17.4 Å². The molecule has 152 valence electrons. The molecule has 0 saturated heterocycles. The van der Waals surface area contributed by atoms with Crippen LogP contribution >= 0.6 is 0 Å². The standard InChI is InChI=1S/C21H18FN5O3/c1-3-16-14-7-13(22)6-12-8-21(11-29-2,30-18(12)14)10-23-20(28)15-9-24-27-5-4-17(25-16)26-19(15)27/h1,4-7,9,16H,8,10-11H2,2H3,(H,23,28)(H,25,26)/t16-,21-/m1/s1. The van der Waals surface area contributed by atoms with Crippen molar-refractivity contribution in [1.82, 2.24) is 19.9 Å². The van der Waals surface area contributed by atoms with Crippen LogP contribution in [0.4, 0.5) is 10.2 Å². The first kappa shape index (κ1) is 18.4. The Kier molecular flexibility index (Phi) is 4.11. The maximum atomic E-state index is 14.4. The summed E-state index contributed by atoms with van der Waals surface area (Å²) in [5.74, 6) is 2.82. The molecule has 2 aromatic heterocycles. The highest BCUT2D eigenvalue weighted by Crippen LogP contribution is 2.42. The minimum atomic E-state index is -0.888. The number of carbonyl (C=O) groups is 1. The van der Waals surface area contributed by atoms with Gasteiger partial charge >= 0.3 is 0 Å². The van der Waals surface area contributed by atoms with Crippen LogP contribution in [0.3, 0.4) is 0 Å². The number of carbonyl (C=O) groups excluding carboxylic acids is 1. The molecule has 1 aromatic carbocycles. The Morgan fingerprint density at radius 3 is 3.17 bits per heavy atom. The second-order valence-corrected chi connectivity index (χ2v) is 7.44. The summed E-state index contributed by atoms with van der Waals surface area (Å²) >= 11 is 0. The lowest BCUT2D eigenvalue weighted by Crippen LogP contribution is -2.50. The number of anilines is 1. The fourth-order valence-corrected chi connectivity index (χ4v) is 4.04. The molecule has 1 amide bonds. The van der Waals surface area contributed by atoms with Gasteiger partial charge in [0.1, 0.15) is 29.0 Å². The number of hydrogen-bond donors (Lipinski definition) is 2. The van der Waals surface area contributed by atoms with Crippen molar-refractivity contribution < 1.29 is 18.7 Å². The van der Waals surface area contributed by atoms with Gasteiger partial charge in [-0.3, -0.25) is 4.79 Å². The zero-order valence-corrected chi connectivity index (χ0v) is 16.1. The number of nitrogens with zero attached hydrogens (tertiary/aromatic N) is 3. The second-order valence-electron chi connectivity index (χ2n) is 7.44. The Morgan fingerprint density at radius 2 is 2.37 bits per heavy atom. The minimum absolute atomic E-state index is 0.153.